The minimum absolute atomic E-state index is 0. The standard InChI is InChI=1S/C2H2O4.K.Mn/c3-1(4)2(5)6;;/h(H,3,4)(H,5,6);;/q;;+2/p-2. The molecule has 0 saturated carbocycles. The summed E-state index contributed by atoms with van der Waals surface area (Å²) in [6.07, 6.45) is 0. The SMILES string of the molecule is O=C([O-])C(=O)[O-].[K].[Mn+2]. The number of hydrogen-bond donors (Lipinski definition) is 0. The van der Waals surface area contributed by atoms with E-state index in [1.807, 2.05) is 0 Å². The molecule has 0 aromatic carbocycles. The van der Waals surface area contributed by atoms with Crippen molar-refractivity contribution >= 4 is 63.3 Å². The molecule has 8 heavy (non-hydrogen) atoms. The Balaban J connectivity index is -0.000000125. The van der Waals surface area contributed by atoms with Crippen molar-refractivity contribution in [3.8, 4) is 0 Å². The van der Waals surface area contributed by atoms with E-state index in [9.17, 15) is 0 Å². The molecule has 2 radical (unpaired) electrons. The van der Waals surface area contributed by atoms with Gasteiger partial charge in [-0.3, -0.25) is 0 Å². The van der Waals surface area contributed by atoms with E-state index in [1.165, 1.54) is 0 Å². The zero-order chi connectivity index (χ0) is 5.15. The molecule has 0 aromatic rings. The van der Waals surface area contributed by atoms with Gasteiger partial charge in [-0.05, 0) is 0 Å². The summed E-state index contributed by atoms with van der Waals surface area (Å²) in [5.74, 6) is -4.37. The largest absolute Gasteiger partial charge is 2.00 e. The van der Waals surface area contributed by atoms with Crippen molar-refractivity contribution in [1.82, 2.24) is 0 Å². The molecule has 0 heterocycles. The van der Waals surface area contributed by atoms with Gasteiger partial charge in [-0.15, -0.1) is 0 Å². The third-order valence-corrected chi connectivity index (χ3v) is 0.167. The van der Waals surface area contributed by atoms with Gasteiger partial charge in [0.2, 0.25) is 0 Å². The first-order valence-electron chi connectivity index (χ1n) is 1.07. The van der Waals surface area contributed by atoms with Gasteiger partial charge in [0, 0.05) is 51.4 Å². The first-order valence-corrected chi connectivity index (χ1v) is 1.07. The normalized spacial score (nSPS) is 5.50. The molecule has 0 spiro atoms. The Kier molecular flexibility index (Phi) is 16.2. The van der Waals surface area contributed by atoms with Gasteiger partial charge in [0.1, 0.15) is 0 Å². The number of carboxylic acids is 2. The average molecular weight is 182 g/mol. The molecule has 0 aliphatic heterocycles. The Bertz CT molecular complexity index is 80.0. The molecular formula is C2KMnO4. The summed E-state index contributed by atoms with van der Waals surface area (Å²) in [4.78, 5) is 17.9. The van der Waals surface area contributed by atoms with E-state index in [4.69, 9.17) is 19.8 Å². The minimum Gasteiger partial charge on any atom is -0.543 e. The van der Waals surface area contributed by atoms with Crippen LogP contribution in [0.1, 0.15) is 0 Å². The third-order valence-electron chi connectivity index (χ3n) is 0.167. The van der Waals surface area contributed by atoms with Crippen molar-refractivity contribution in [3.05, 3.63) is 0 Å². The zero-order valence-corrected chi connectivity index (χ0v) is 8.31. The maximum Gasteiger partial charge on any atom is 2.00 e. The molecule has 40 valence electrons. The maximum atomic E-state index is 8.93. The van der Waals surface area contributed by atoms with Crippen LogP contribution >= 0.6 is 0 Å². The van der Waals surface area contributed by atoms with Crippen molar-refractivity contribution in [2.75, 3.05) is 0 Å². The van der Waals surface area contributed by atoms with Crippen LogP contribution in [-0.2, 0) is 26.7 Å². The van der Waals surface area contributed by atoms with Crippen LogP contribution in [0.4, 0.5) is 0 Å². The van der Waals surface area contributed by atoms with Gasteiger partial charge in [0.05, 0.1) is 11.9 Å². The number of carboxylic acid groups (broad SMARTS) is 2. The van der Waals surface area contributed by atoms with E-state index in [0.717, 1.165) is 0 Å². The number of carbonyl (C=O) groups is 2. The summed E-state index contributed by atoms with van der Waals surface area (Å²) < 4.78 is 0. The molecule has 0 atom stereocenters. The molecule has 0 rings (SSSR count). The van der Waals surface area contributed by atoms with E-state index in [0.29, 0.717) is 0 Å². The average Bonchev–Trinajstić information content (AvgIpc) is 1.36. The van der Waals surface area contributed by atoms with Crippen LogP contribution in [0.5, 0.6) is 0 Å². The van der Waals surface area contributed by atoms with Crippen LogP contribution < -0.4 is 10.2 Å². The summed E-state index contributed by atoms with van der Waals surface area (Å²) in [5, 5.41) is 17.9. The second-order valence-corrected chi connectivity index (χ2v) is 0.575. The first-order chi connectivity index (χ1) is 2.64. The van der Waals surface area contributed by atoms with Gasteiger partial charge in [-0.25, -0.2) is 0 Å². The topological polar surface area (TPSA) is 80.3 Å². The summed E-state index contributed by atoms with van der Waals surface area (Å²) in [5.41, 5.74) is 0. The zero-order valence-electron chi connectivity index (χ0n) is 4.01. The van der Waals surface area contributed by atoms with Gasteiger partial charge in [0.25, 0.3) is 0 Å². The fourth-order valence-corrected chi connectivity index (χ4v) is 0. The number of carbonyl (C=O) groups excluding carboxylic acids is 2. The first kappa shape index (κ1) is 16.0. The van der Waals surface area contributed by atoms with Gasteiger partial charge in [0.15, 0.2) is 0 Å². The molecule has 4 nitrogen and oxygen atoms in total. The van der Waals surface area contributed by atoms with Gasteiger partial charge in [-0.2, -0.15) is 0 Å². The number of rotatable bonds is 0. The second kappa shape index (κ2) is 8.10. The molecule has 0 aliphatic carbocycles. The van der Waals surface area contributed by atoms with Crippen LogP contribution in [0.3, 0.4) is 0 Å². The Morgan fingerprint density at radius 3 is 1.12 bits per heavy atom. The maximum absolute atomic E-state index is 8.93. The molecule has 0 saturated heterocycles. The minimum atomic E-state index is -2.19. The van der Waals surface area contributed by atoms with Crippen LogP contribution in [0.2, 0.25) is 0 Å². The Labute approximate surface area is 98.5 Å². The van der Waals surface area contributed by atoms with Gasteiger partial charge >= 0.3 is 17.1 Å². The molecule has 0 N–H and O–H groups in total. The Hall–Kier alpha value is 1.10. The molecule has 0 aromatic heterocycles. The molecule has 0 bridgehead atoms. The Morgan fingerprint density at radius 1 is 1.00 bits per heavy atom. The van der Waals surface area contributed by atoms with E-state index in [1.54, 1.807) is 0 Å². The second-order valence-electron chi connectivity index (χ2n) is 0.575. The summed E-state index contributed by atoms with van der Waals surface area (Å²) in [6, 6.07) is 0. The van der Waals surface area contributed by atoms with Crippen molar-refractivity contribution in [1.29, 1.82) is 0 Å². The monoisotopic (exact) mass is 182 g/mol. The van der Waals surface area contributed by atoms with E-state index in [2.05, 4.69) is 0 Å². The molecular weight excluding hydrogens is 182 g/mol. The van der Waals surface area contributed by atoms with Crippen molar-refractivity contribution in [3.63, 3.8) is 0 Å². The van der Waals surface area contributed by atoms with Crippen molar-refractivity contribution in [2.45, 2.75) is 0 Å². The summed E-state index contributed by atoms with van der Waals surface area (Å²) in [6.45, 7) is 0. The third kappa shape index (κ3) is 10.2. The van der Waals surface area contributed by atoms with Gasteiger partial charge in [-0.1, -0.05) is 0 Å². The smallest absolute Gasteiger partial charge is 0.543 e. The molecule has 6 heteroatoms. The van der Waals surface area contributed by atoms with Crippen molar-refractivity contribution < 1.29 is 36.9 Å². The Morgan fingerprint density at radius 2 is 1.12 bits per heavy atom. The molecule has 0 unspecified atom stereocenters. The molecule has 0 amide bonds. The fraction of sp³-hybridized carbons (Fsp3) is 0. The van der Waals surface area contributed by atoms with E-state index >= 15 is 0 Å². The number of hydrogen-bond acceptors (Lipinski definition) is 4. The summed E-state index contributed by atoms with van der Waals surface area (Å²) >= 11 is 0. The quantitative estimate of drug-likeness (QED) is 0.283. The fourth-order valence-electron chi connectivity index (χ4n) is 0. The number of aliphatic carboxylic acids is 2. The van der Waals surface area contributed by atoms with Crippen LogP contribution in [-0.4, -0.2) is 63.3 Å². The van der Waals surface area contributed by atoms with E-state index < -0.39 is 11.9 Å². The van der Waals surface area contributed by atoms with Gasteiger partial charge < -0.3 is 19.8 Å². The van der Waals surface area contributed by atoms with E-state index in [-0.39, 0.29) is 68.5 Å². The van der Waals surface area contributed by atoms with Crippen molar-refractivity contribution in [2.24, 2.45) is 0 Å². The van der Waals surface area contributed by atoms with Crippen LogP contribution in [0, 0.1) is 0 Å². The summed E-state index contributed by atoms with van der Waals surface area (Å²) in [7, 11) is 0. The molecule has 0 fully saturated rings. The van der Waals surface area contributed by atoms with Crippen LogP contribution in [0.25, 0.3) is 0 Å². The predicted octanol–water partition coefficient (Wildman–Crippen LogP) is -3.90. The van der Waals surface area contributed by atoms with Crippen LogP contribution in [0.15, 0.2) is 0 Å². The predicted molar refractivity (Wildman–Crippen MR) is 15.8 cm³/mol. The molecule has 0 aliphatic rings.